The molecule has 0 amide bonds. The zero-order valence-corrected chi connectivity index (χ0v) is 16.9. The van der Waals surface area contributed by atoms with E-state index in [4.69, 9.17) is 16.8 Å². The Labute approximate surface area is 160 Å². The van der Waals surface area contributed by atoms with Crippen LogP contribution in [0.3, 0.4) is 0 Å². The van der Waals surface area contributed by atoms with E-state index in [2.05, 4.69) is 38.2 Å². The van der Waals surface area contributed by atoms with E-state index in [1.54, 1.807) is 0 Å². The normalized spacial score (nSPS) is 11.1. The predicted octanol–water partition coefficient (Wildman–Crippen LogP) is 3.64. The lowest BCUT2D eigenvalue weighted by molar-refractivity contribution is -0.110. The van der Waals surface area contributed by atoms with Crippen molar-refractivity contribution in [2.24, 2.45) is 17.7 Å². The van der Waals surface area contributed by atoms with Crippen molar-refractivity contribution in [3.05, 3.63) is 11.8 Å². The van der Waals surface area contributed by atoms with Crippen LogP contribution in [-0.4, -0.2) is 22.1 Å². The summed E-state index contributed by atoms with van der Waals surface area (Å²) in [6, 6.07) is 2.64. The van der Waals surface area contributed by atoms with Crippen molar-refractivity contribution in [2.75, 3.05) is 5.73 Å². The lowest BCUT2D eigenvalue weighted by atomic mass is 10.00. The van der Waals surface area contributed by atoms with Gasteiger partial charge in [0.1, 0.15) is 18.0 Å². The van der Waals surface area contributed by atoms with Gasteiger partial charge < -0.3 is 10.5 Å². The highest BCUT2D eigenvalue weighted by molar-refractivity contribution is 5.57. The van der Waals surface area contributed by atoms with Crippen molar-refractivity contribution in [1.82, 2.24) is 15.2 Å². The van der Waals surface area contributed by atoms with Gasteiger partial charge in [0.05, 0.1) is 12.3 Å². The number of nitriles is 1. The van der Waals surface area contributed by atoms with Crippen molar-refractivity contribution in [3.8, 4) is 6.07 Å². The fraction of sp³-hybridized carbons (Fsp3) is 0.737. The SMILES string of the molecule is C.CC(C)C(C#N)C=O.CC(C)NN.CC(C)c1cnn(C(C)C)c1N. The van der Waals surface area contributed by atoms with Crippen molar-refractivity contribution >= 4 is 12.1 Å². The monoisotopic (exact) mass is 368 g/mol. The third-order valence-corrected chi connectivity index (χ3v) is 3.32. The van der Waals surface area contributed by atoms with E-state index < -0.39 is 5.92 Å². The summed E-state index contributed by atoms with van der Waals surface area (Å²) in [6.45, 7) is 16.1. The first kappa shape index (κ1) is 28.9. The molecule has 1 unspecified atom stereocenters. The molecular weight excluding hydrogens is 328 g/mol. The Morgan fingerprint density at radius 3 is 1.77 bits per heavy atom. The number of nitrogens with one attached hydrogen (secondary N) is 1. The summed E-state index contributed by atoms with van der Waals surface area (Å²) in [5, 5.41) is 12.4. The molecular formula is C19H40N6O. The van der Waals surface area contributed by atoms with Crippen molar-refractivity contribution < 1.29 is 4.79 Å². The number of anilines is 1. The van der Waals surface area contributed by atoms with Gasteiger partial charge in [-0.25, -0.2) is 4.68 Å². The number of hydrazine groups is 1. The van der Waals surface area contributed by atoms with Crippen LogP contribution in [0.4, 0.5) is 5.82 Å². The Bertz CT molecular complexity index is 489. The Hall–Kier alpha value is -1.91. The van der Waals surface area contributed by atoms with Gasteiger partial charge in [0.15, 0.2) is 0 Å². The molecule has 1 atom stereocenters. The van der Waals surface area contributed by atoms with E-state index in [9.17, 15) is 4.79 Å². The van der Waals surface area contributed by atoms with Gasteiger partial charge >= 0.3 is 0 Å². The molecule has 5 N–H and O–H groups in total. The first-order chi connectivity index (χ1) is 11.5. The molecule has 0 saturated heterocycles. The topological polar surface area (TPSA) is 123 Å². The summed E-state index contributed by atoms with van der Waals surface area (Å²) in [6.07, 6.45) is 2.55. The fourth-order valence-electron chi connectivity index (χ4n) is 1.58. The average Bonchev–Trinajstić information content (AvgIpc) is 2.91. The molecule has 0 saturated carbocycles. The smallest absolute Gasteiger partial charge is 0.137 e. The number of nitrogens with zero attached hydrogens (tertiary/aromatic N) is 3. The van der Waals surface area contributed by atoms with Gasteiger partial charge in [0.25, 0.3) is 0 Å². The molecule has 1 rings (SSSR count). The number of rotatable bonds is 5. The molecule has 0 radical (unpaired) electrons. The second-order valence-corrected chi connectivity index (χ2v) is 7.03. The molecule has 1 aromatic heterocycles. The molecule has 0 aliphatic heterocycles. The molecule has 0 aliphatic carbocycles. The van der Waals surface area contributed by atoms with Gasteiger partial charge in [0, 0.05) is 17.6 Å². The zero-order valence-electron chi connectivity index (χ0n) is 16.9. The maximum atomic E-state index is 9.96. The number of carbonyl (C=O) groups excluding carboxylic acids is 1. The standard InChI is InChI=1S/C9H17N3.C6H9NO.C3H10N2.CH4/c1-6(2)8-5-11-12(7(3)4)9(8)10;1-5(2)6(3-7)4-8;1-3(2)5-4;/h5-7H,10H2,1-4H3;4-6H,1-2H3;3,5H,4H2,1-2H3;1H4. The zero-order chi connectivity index (χ0) is 20.2. The largest absolute Gasteiger partial charge is 0.384 e. The molecule has 0 aromatic carbocycles. The third-order valence-electron chi connectivity index (χ3n) is 3.32. The number of aldehydes is 1. The minimum absolute atomic E-state index is 0. The molecule has 0 aliphatic rings. The third kappa shape index (κ3) is 11.6. The van der Waals surface area contributed by atoms with Gasteiger partial charge in [-0.2, -0.15) is 10.4 Å². The Morgan fingerprint density at radius 2 is 1.65 bits per heavy atom. The maximum Gasteiger partial charge on any atom is 0.137 e. The Balaban J connectivity index is -0.000000330. The Morgan fingerprint density at radius 1 is 1.19 bits per heavy atom. The number of carbonyl (C=O) groups is 1. The minimum Gasteiger partial charge on any atom is -0.384 e. The number of hydrogen-bond acceptors (Lipinski definition) is 6. The van der Waals surface area contributed by atoms with Crippen LogP contribution in [0.25, 0.3) is 0 Å². The second kappa shape index (κ2) is 15.4. The molecule has 0 bridgehead atoms. The minimum atomic E-state index is -0.421. The van der Waals surface area contributed by atoms with Crippen LogP contribution >= 0.6 is 0 Å². The summed E-state index contributed by atoms with van der Waals surface area (Å²) in [5.41, 5.74) is 9.58. The lowest BCUT2D eigenvalue weighted by Gasteiger charge is -2.09. The molecule has 7 heteroatoms. The van der Waals surface area contributed by atoms with Gasteiger partial charge in [0.2, 0.25) is 0 Å². The van der Waals surface area contributed by atoms with E-state index in [-0.39, 0.29) is 13.3 Å². The highest BCUT2D eigenvalue weighted by Gasteiger charge is 2.11. The maximum absolute atomic E-state index is 9.96. The van der Waals surface area contributed by atoms with Crippen molar-refractivity contribution in [3.63, 3.8) is 0 Å². The molecule has 0 spiro atoms. The van der Waals surface area contributed by atoms with Crippen LogP contribution in [0.1, 0.15) is 80.3 Å². The van der Waals surface area contributed by atoms with Gasteiger partial charge in [-0.1, -0.05) is 35.1 Å². The lowest BCUT2D eigenvalue weighted by Crippen LogP contribution is -2.29. The van der Waals surface area contributed by atoms with Crippen molar-refractivity contribution in [1.29, 1.82) is 5.26 Å². The van der Waals surface area contributed by atoms with Crippen LogP contribution in [0, 0.1) is 23.2 Å². The van der Waals surface area contributed by atoms with Crippen LogP contribution in [0.5, 0.6) is 0 Å². The molecule has 26 heavy (non-hydrogen) atoms. The van der Waals surface area contributed by atoms with Crippen LogP contribution in [-0.2, 0) is 4.79 Å². The van der Waals surface area contributed by atoms with E-state index >= 15 is 0 Å². The van der Waals surface area contributed by atoms with Crippen LogP contribution in [0.2, 0.25) is 0 Å². The second-order valence-electron chi connectivity index (χ2n) is 7.03. The van der Waals surface area contributed by atoms with E-state index in [1.165, 1.54) is 0 Å². The van der Waals surface area contributed by atoms with E-state index in [0.29, 0.717) is 24.3 Å². The van der Waals surface area contributed by atoms with Gasteiger partial charge in [-0.05, 0) is 39.5 Å². The first-order valence-corrected chi connectivity index (χ1v) is 8.67. The van der Waals surface area contributed by atoms with Gasteiger partial charge in [-0.15, -0.1) is 0 Å². The highest BCUT2D eigenvalue weighted by Crippen LogP contribution is 2.23. The van der Waals surface area contributed by atoms with Gasteiger partial charge in [-0.3, -0.25) is 11.3 Å². The summed E-state index contributed by atoms with van der Waals surface area (Å²) in [5.74, 6) is 5.91. The summed E-state index contributed by atoms with van der Waals surface area (Å²) in [4.78, 5) is 9.96. The number of nitrogens with two attached hydrogens (primary N) is 2. The van der Waals surface area contributed by atoms with Crippen LogP contribution < -0.4 is 17.0 Å². The highest BCUT2D eigenvalue weighted by atomic mass is 16.1. The number of hydrogen-bond donors (Lipinski definition) is 3. The summed E-state index contributed by atoms with van der Waals surface area (Å²) < 4.78 is 1.86. The Kier molecular flexibility index (Phi) is 17.1. The quantitative estimate of drug-likeness (QED) is 0.414. The molecule has 1 aromatic rings. The summed E-state index contributed by atoms with van der Waals surface area (Å²) in [7, 11) is 0. The summed E-state index contributed by atoms with van der Waals surface area (Å²) >= 11 is 0. The number of aromatic nitrogens is 2. The van der Waals surface area contributed by atoms with Crippen molar-refractivity contribution in [2.45, 2.75) is 80.8 Å². The van der Waals surface area contributed by atoms with E-state index in [0.717, 1.165) is 11.4 Å². The first-order valence-electron chi connectivity index (χ1n) is 8.67. The molecule has 152 valence electrons. The number of nitrogen functional groups attached to an aromatic ring is 1. The molecule has 1 heterocycles. The van der Waals surface area contributed by atoms with Crippen LogP contribution in [0.15, 0.2) is 6.20 Å². The predicted molar refractivity (Wildman–Crippen MR) is 110 cm³/mol. The fourth-order valence-corrected chi connectivity index (χ4v) is 1.58. The molecule has 0 fully saturated rings. The van der Waals surface area contributed by atoms with E-state index in [1.807, 2.05) is 44.6 Å². The average molecular weight is 369 g/mol. The molecule has 7 nitrogen and oxygen atoms in total.